The molecule has 0 radical (unpaired) electrons. The molecule has 5 nitrogen and oxygen atoms in total. The number of amides is 2. The normalized spacial score (nSPS) is 15.6. The molecule has 26 heavy (non-hydrogen) atoms. The molecule has 0 unspecified atom stereocenters. The van der Waals surface area contributed by atoms with Crippen molar-refractivity contribution in [3.8, 4) is 0 Å². The zero-order valence-electron chi connectivity index (χ0n) is 14.8. The van der Waals surface area contributed by atoms with Gasteiger partial charge in [-0.2, -0.15) is 0 Å². The van der Waals surface area contributed by atoms with Crippen molar-refractivity contribution in [2.45, 2.75) is 6.54 Å². The molecule has 6 heteroatoms. The van der Waals surface area contributed by atoms with Gasteiger partial charge in [-0.15, -0.1) is 0 Å². The van der Waals surface area contributed by atoms with Crippen molar-refractivity contribution in [2.75, 3.05) is 44.6 Å². The minimum absolute atomic E-state index is 0.307. The van der Waals surface area contributed by atoms with E-state index < -0.39 is 0 Å². The van der Waals surface area contributed by atoms with Crippen LogP contribution in [0.4, 0.5) is 14.9 Å². The maximum absolute atomic E-state index is 13.1. The van der Waals surface area contributed by atoms with Crippen molar-refractivity contribution in [3.63, 3.8) is 0 Å². The zero-order valence-corrected chi connectivity index (χ0v) is 14.8. The van der Waals surface area contributed by atoms with Crippen LogP contribution < -0.4 is 10.6 Å². The topological polar surface area (TPSA) is 47.6 Å². The summed E-state index contributed by atoms with van der Waals surface area (Å²) in [6.07, 6.45) is 0. The maximum atomic E-state index is 13.1. The standard InChI is InChI=1S/C20H25FN4O/c21-18-7-4-8-19(15-18)23-20(26)22-9-10-24-11-13-25(14-12-24)16-17-5-2-1-3-6-17/h1-8,15H,9-14,16H2,(H2,22,23,26). The van der Waals surface area contributed by atoms with Gasteiger partial charge in [-0.1, -0.05) is 36.4 Å². The molecule has 0 aromatic heterocycles. The van der Waals surface area contributed by atoms with Gasteiger partial charge >= 0.3 is 6.03 Å². The summed E-state index contributed by atoms with van der Waals surface area (Å²) in [5.41, 5.74) is 1.80. The number of hydrogen-bond acceptors (Lipinski definition) is 3. The SMILES string of the molecule is O=C(NCCN1CCN(Cc2ccccc2)CC1)Nc1cccc(F)c1. The molecule has 1 aliphatic rings. The number of nitrogens with one attached hydrogen (secondary N) is 2. The highest BCUT2D eigenvalue weighted by molar-refractivity contribution is 5.89. The number of anilines is 1. The highest BCUT2D eigenvalue weighted by Crippen LogP contribution is 2.09. The summed E-state index contributed by atoms with van der Waals surface area (Å²) in [6, 6.07) is 16.1. The highest BCUT2D eigenvalue weighted by atomic mass is 19.1. The molecule has 0 spiro atoms. The lowest BCUT2D eigenvalue weighted by Gasteiger charge is -2.34. The van der Waals surface area contributed by atoms with Gasteiger partial charge in [0.25, 0.3) is 0 Å². The van der Waals surface area contributed by atoms with Crippen LogP contribution in [0.5, 0.6) is 0 Å². The summed E-state index contributed by atoms with van der Waals surface area (Å²) in [5.74, 6) is -0.365. The minimum Gasteiger partial charge on any atom is -0.337 e. The molecule has 2 aromatic rings. The molecular formula is C20H25FN4O. The summed E-state index contributed by atoms with van der Waals surface area (Å²) < 4.78 is 13.1. The zero-order chi connectivity index (χ0) is 18.2. The molecule has 3 rings (SSSR count). The summed E-state index contributed by atoms with van der Waals surface area (Å²) in [6.45, 7) is 6.44. The van der Waals surface area contributed by atoms with E-state index in [0.717, 1.165) is 39.3 Å². The van der Waals surface area contributed by atoms with Gasteiger partial charge in [0.1, 0.15) is 5.82 Å². The average molecular weight is 356 g/mol. The van der Waals surface area contributed by atoms with Crippen LogP contribution in [-0.2, 0) is 6.54 Å². The van der Waals surface area contributed by atoms with E-state index in [1.807, 2.05) is 6.07 Å². The molecule has 2 aromatic carbocycles. The fraction of sp³-hybridized carbons (Fsp3) is 0.350. The predicted octanol–water partition coefficient (Wildman–Crippen LogP) is 2.76. The lowest BCUT2D eigenvalue weighted by Crippen LogP contribution is -2.48. The average Bonchev–Trinajstić information content (AvgIpc) is 2.64. The van der Waals surface area contributed by atoms with E-state index in [-0.39, 0.29) is 11.8 Å². The van der Waals surface area contributed by atoms with Gasteiger partial charge in [-0.3, -0.25) is 9.80 Å². The third kappa shape index (κ3) is 5.82. The van der Waals surface area contributed by atoms with Gasteiger partial charge in [-0.05, 0) is 23.8 Å². The Balaban J connectivity index is 1.32. The first-order chi connectivity index (χ1) is 12.7. The Bertz CT molecular complexity index is 702. The number of carbonyl (C=O) groups is 1. The van der Waals surface area contributed by atoms with Gasteiger partial charge in [-0.25, -0.2) is 9.18 Å². The second-order valence-corrected chi connectivity index (χ2v) is 6.49. The van der Waals surface area contributed by atoms with Crippen molar-refractivity contribution in [1.29, 1.82) is 0 Å². The van der Waals surface area contributed by atoms with Crippen LogP contribution in [0.1, 0.15) is 5.56 Å². The van der Waals surface area contributed by atoms with Crippen molar-refractivity contribution >= 4 is 11.7 Å². The van der Waals surface area contributed by atoms with Crippen LogP contribution in [0.3, 0.4) is 0 Å². The fourth-order valence-electron chi connectivity index (χ4n) is 3.08. The molecule has 0 saturated carbocycles. The minimum atomic E-state index is -0.365. The summed E-state index contributed by atoms with van der Waals surface area (Å²) in [7, 11) is 0. The lowest BCUT2D eigenvalue weighted by atomic mass is 10.2. The van der Waals surface area contributed by atoms with Gasteiger partial charge in [0.15, 0.2) is 0 Å². The van der Waals surface area contributed by atoms with E-state index in [2.05, 4.69) is 44.7 Å². The monoisotopic (exact) mass is 356 g/mol. The van der Waals surface area contributed by atoms with Crippen molar-refractivity contribution < 1.29 is 9.18 Å². The number of carbonyl (C=O) groups excluding carboxylic acids is 1. The van der Waals surface area contributed by atoms with Crippen molar-refractivity contribution in [1.82, 2.24) is 15.1 Å². The smallest absolute Gasteiger partial charge is 0.319 e. The Morgan fingerprint density at radius 1 is 0.962 bits per heavy atom. The van der Waals surface area contributed by atoms with Crippen LogP contribution >= 0.6 is 0 Å². The van der Waals surface area contributed by atoms with Gasteiger partial charge in [0.05, 0.1) is 0 Å². The maximum Gasteiger partial charge on any atom is 0.319 e. The second-order valence-electron chi connectivity index (χ2n) is 6.49. The molecule has 1 heterocycles. The Kier molecular flexibility index (Phi) is 6.57. The Labute approximate surface area is 153 Å². The van der Waals surface area contributed by atoms with Gasteiger partial charge in [0, 0.05) is 51.5 Å². The van der Waals surface area contributed by atoms with Crippen molar-refractivity contribution in [3.05, 3.63) is 66.0 Å². The number of piperazine rings is 1. The molecule has 2 amide bonds. The first kappa shape index (κ1) is 18.4. The molecule has 138 valence electrons. The molecular weight excluding hydrogens is 331 g/mol. The number of rotatable bonds is 6. The quantitative estimate of drug-likeness (QED) is 0.837. The van der Waals surface area contributed by atoms with E-state index in [1.54, 1.807) is 12.1 Å². The fourth-order valence-corrected chi connectivity index (χ4v) is 3.08. The number of hydrogen-bond donors (Lipinski definition) is 2. The Hall–Kier alpha value is -2.44. The second kappa shape index (κ2) is 9.31. The number of halogens is 1. The van der Waals surface area contributed by atoms with Crippen LogP contribution in [0.2, 0.25) is 0 Å². The third-order valence-corrected chi connectivity index (χ3v) is 4.51. The predicted molar refractivity (Wildman–Crippen MR) is 102 cm³/mol. The van der Waals surface area contributed by atoms with Crippen LogP contribution in [-0.4, -0.2) is 55.1 Å². The Morgan fingerprint density at radius 2 is 1.69 bits per heavy atom. The van der Waals surface area contributed by atoms with Crippen LogP contribution in [0.15, 0.2) is 54.6 Å². The molecule has 2 N–H and O–H groups in total. The van der Waals surface area contributed by atoms with E-state index in [9.17, 15) is 9.18 Å². The third-order valence-electron chi connectivity index (χ3n) is 4.51. The molecule has 0 bridgehead atoms. The molecule has 1 aliphatic heterocycles. The van der Waals surface area contributed by atoms with Gasteiger partial charge in [0.2, 0.25) is 0 Å². The Morgan fingerprint density at radius 3 is 2.42 bits per heavy atom. The molecule has 0 atom stereocenters. The summed E-state index contributed by atoms with van der Waals surface area (Å²) in [4.78, 5) is 16.7. The number of nitrogens with zero attached hydrogens (tertiary/aromatic N) is 2. The van der Waals surface area contributed by atoms with E-state index >= 15 is 0 Å². The molecule has 1 fully saturated rings. The number of urea groups is 1. The van der Waals surface area contributed by atoms with E-state index in [4.69, 9.17) is 0 Å². The van der Waals surface area contributed by atoms with Crippen LogP contribution in [0, 0.1) is 5.82 Å². The van der Waals surface area contributed by atoms with Gasteiger partial charge < -0.3 is 10.6 Å². The first-order valence-corrected chi connectivity index (χ1v) is 8.98. The summed E-state index contributed by atoms with van der Waals surface area (Å²) in [5, 5.41) is 5.46. The largest absolute Gasteiger partial charge is 0.337 e. The number of benzene rings is 2. The lowest BCUT2D eigenvalue weighted by molar-refractivity contribution is 0.128. The molecule has 0 aliphatic carbocycles. The first-order valence-electron chi connectivity index (χ1n) is 8.98. The van der Waals surface area contributed by atoms with E-state index in [0.29, 0.717) is 12.2 Å². The van der Waals surface area contributed by atoms with Crippen LogP contribution in [0.25, 0.3) is 0 Å². The van der Waals surface area contributed by atoms with Crippen molar-refractivity contribution in [2.24, 2.45) is 0 Å². The summed E-state index contributed by atoms with van der Waals surface area (Å²) >= 11 is 0. The van der Waals surface area contributed by atoms with E-state index in [1.165, 1.54) is 17.7 Å². The highest BCUT2D eigenvalue weighted by Gasteiger charge is 2.16. The molecule has 1 saturated heterocycles.